The molecule has 0 aliphatic carbocycles. The summed E-state index contributed by atoms with van der Waals surface area (Å²) in [6.45, 7) is 0.110. The Kier molecular flexibility index (Phi) is 3.88. The lowest BCUT2D eigenvalue weighted by atomic mass is 10.1. The molecule has 4 nitrogen and oxygen atoms in total. The molecule has 0 fully saturated rings. The fourth-order valence-corrected chi connectivity index (χ4v) is 1.31. The summed E-state index contributed by atoms with van der Waals surface area (Å²) in [5, 5.41) is 8.63. The lowest BCUT2D eigenvalue weighted by molar-refractivity contribution is 0.299. The number of nitrogens with one attached hydrogen (secondary N) is 1. The van der Waals surface area contributed by atoms with Crippen molar-refractivity contribution >= 4 is 17.0 Å². The molecular formula is C8H11NO3S. The van der Waals surface area contributed by atoms with Crippen molar-refractivity contribution in [3.8, 4) is 0 Å². The van der Waals surface area contributed by atoms with E-state index in [-0.39, 0.29) is 6.61 Å². The van der Waals surface area contributed by atoms with Gasteiger partial charge in [0.15, 0.2) is 0 Å². The van der Waals surface area contributed by atoms with Gasteiger partial charge < -0.3 is 5.11 Å². The van der Waals surface area contributed by atoms with Gasteiger partial charge >= 0.3 is 0 Å². The topological polar surface area (TPSA) is 69.6 Å². The van der Waals surface area contributed by atoms with Crippen LogP contribution in [0, 0.1) is 0 Å². The van der Waals surface area contributed by atoms with Crippen LogP contribution in [-0.4, -0.2) is 20.5 Å². The number of hydrogen-bond donors (Lipinski definition) is 3. The zero-order valence-electron chi connectivity index (χ0n) is 6.93. The minimum atomic E-state index is -2.03. The van der Waals surface area contributed by atoms with E-state index >= 15 is 0 Å². The molecule has 1 unspecified atom stereocenters. The maximum Gasteiger partial charge on any atom is 0.259 e. The van der Waals surface area contributed by atoms with E-state index in [0.29, 0.717) is 12.1 Å². The molecule has 1 rings (SSSR count). The van der Waals surface area contributed by atoms with Crippen LogP contribution in [0.2, 0.25) is 0 Å². The first-order chi connectivity index (χ1) is 6.22. The van der Waals surface area contributed by atoms with Crippen LogP contribution in [0.4, 0.5) is 5.69 Å². The lowest BCUT2D eigenvalue weighted by Crippen LogP contribution is -2.01. The molecule has 0 aliphatic heterocycles. The second kappa shape index (κ2) is 4.96. The smallest absolute Gasteiger partial charge is 0.259 e. The Labute approximate surface area is 79.0 Å². The second-order valence-corrected chi connectivity index (χ2v) is 3.22. The molecule has 0 aliphatic rings. The van der Waals surface area contributed by atoms with Crippen LogP contribution in [0.15, 0.2) is 24.3 Å². The number of benzene rings is 1. The van der Waals surface area contributed by atoms with Gasteiger partial charge in [-0.1, -0.05) is 12.1 Å². The molecule has 0 radical (unpaired) electrons. The van der Waals surface area contributed by atoms with Crippen molar-refractivity contribution in [2.75, 3.05) is 11.3 Å². The Morgan fingerprint density at radius 3 is 2.38 bits per heavy atom. The third kappa shape index (κ3) is 3.54. The molecule has 3 N–H and O–H groups in total. The quantitative estimate of drug-likeness (QED) is 0.630. The van der Waals surface area contributed by atoms with Crippen LogP contribution < -0.4 is 4.72 Å². The van der Waals surface area contributed by atoms with E-state index in [1.165, 1.54) is 0 Å². The number of anilines is 1. The third-order valence-electron chi connectivity index (χ3n) is 1.56. The first-order valence-corrected chi connectivity index (χ1v) is 4.90. The van der Waals surface area contributed by atoms with Crippen molar-refractivity contribution in [1.29, 1.82) is 0 Å². The van der Waals surface area contributed by atoms with Gasteiger partial charge in [-0.05, 0) is 24.1 Å². The molecule has 0 aromatic heterocycles. The van der Waals surface area contributed by atoms with Gasteiger partial charge in [-0.2, -0.15) is 0 Å². The van der Waals surface area contributed by atoms with E-state index in [4.69, 9.17) is 9.66 Å². The zero-order valence-corrected chi connectivity index (χ0v) is 7.75. The molecule has 72 valence electrons. The van der Waals surface area contributed by atoms with Crippen LogP contribution in [0.25, 0.3) is 0 Å². The van der Waals surface area contributed by atoms with Crippen LogP contribution >= 0.6 is 0 Å². The number of rotatable bonds is 4. The fraction of sp³-hybridized carbons (Fsp3) is 0.250. The van der Waals surface area contributed by atoms with Crippen molar-refractivity contribution < 1.29 is 13.9 Å². The number of aliphatic hydroxyl groups is 1. The summed E-state index contributed by atoms with van der Waals surface area (Å²) >= 11 is -2.03. The summed E-state index contributed by atoms with van der Waals surface area (Å²) in [7, 11) is 0. The van der Waals surface area contributed by atoms with Crippen LogP contribution in [0.3, 0.4) is 0 Å². The Morgan fingerprint density at radius 1 is 1.31 bits per heavy atom. The molecule has 0 spiro atoms. The van der Waals surface area contributed by atoms with Crippen molar-refractivity contribution in [3.05, 3.63) is 29.8 Å². The minimum Gasteiger partial charge on any atom is -0.396 e. The molecule has 0 bridgehead atoms. The van der Waals surface area contributed by atoms with Crippen LogP contribution in [-0.2, 0) is 17.7 Å². The van der Waals surface area contributed by atoms with Gasteiger partial charge in [-0.15, -0.1) is 0 Å². The fourth-order valence-electron chi connectivity index (χ4n) is 0.969. The van der Waals surface area contributed by atoms with Crippen LogP contribution in [0.1, 0.15) is 5.56 Å². The molecule has 0 amide bonds. The zero-order chi connectivity index (χ0) is 9.68. The Hall–Kier alpha value is -0.910. The number of hydrogen-bond acceptors (Lipinski definition) is 2. The first kappa shape index (κ1) is 10.2. The molecule has 1 aromatic rings. The number of aliphatic hydroxyl groups excluding tert-OH is 1. The SMILES string of the molecule is O=S(O)Nc1ccc(CCO)cc1. The van der Waals surface area contributed by atoms with Gasteiger partial charge in [0.05, 0.1) is 0 Å². The minimum absolute atomic E-state index is 0.110. The van der Waals surface area contributed by atoms with E-state index in [2.05, 4.69) is 4.72 Å². The predicted molar refractivity (Wildman–Crippen MR) is 51.6 cm³/mol. The Bertz CT molecular complexity index is 286. The third-order valence-corrected chi connectivity index (χ3v) is 1.97. The summed E-state index contributed by atoms with van der Waals surface area (Å²) in [5.74, 6) is 0. The molecular weight excluding hydrogens is 190 g/mol. The first-order valence-electron chi connectivity index (χ1n) is 3.79. The summed E-state index contributed by atoms with van der Waals surface area (Å²) in [5.41, 5.74) is 1.58. The Balaban J connectivity index is 2.64. The summed E-state index contributed by atoms with van der Waals surface area (Å²) < 4.78 is 21.2. The monoisotopic (exact) mass is 201 g/mol. The van der Waals surface area contributed by atoms with E-state index in [1.807, 2.05) is 0 Å². The Morgan fingerprint density at radius 2 is 1.92 bits per heavy atom. The molecule has 0 saturated carbocycles. The van der Waals surface area contributed by atoms with Crippen molar-refractivity contribution in [2.24, 2.45) is 0 Å². The molecule has 0 heterocycles. The average molecular weight is 201 g/mol. The molecule has 13 heavy (non-hydrogen) atoms. The van der Waals surface area contributed by atoms with Gasteiger partial charge in [0.1, 0.15) is 0 Å². The average Bonchev–Trinajstić information content (AvgIpc) is 2.08. The van der Waals surface area contributed by atoms with Gasteiger partial charge in [0.25, 0.3) is 11.3 Å². The predicted octanol–water partition coefficient (Wildman–Crippen LogP) is 0.770. The standard InChI is InChI=1S/C8H11NO3S/c10-6-5-7-1-3-8(4-2-7)9-13(11)12/h1-4,9-10H,5-6H2,(H,11,12). The highest BCUT2D eigenvalue weighted by atomic mass is 32.2. The van der Waals surface area contributed by atoms with E-state index < -0.39 is 11.3 Å². The van der Waals surface area contributed by atoms with Crippen molar-refractivity contribution in [2.45, 2.75) is 6.42 Å². The van der Waals surface area contributed by atoms with Gasteiger partial charge in [0, 0.05) is 12.3 Å². The highest BCUT2D eigenvalue weighted by Gasteiger charge is 1.95. The molecule has 1 atom stereocenters. The lowest BCUT2D eigenvalue weighted by Gasteiger charge is -2.02. The normalized spacial score (nSPS) is 12.5. The summed E-state index contributed by atoms with van der Waals surface area (Å²) in [6.07, 6.45) is 0.600. The van der Waals surface area contributed by atoms with Gasteiger partial charge in [-0.3, -0.25) is 9.27 Å². The highest BCUT2D eigenvalue weighted by molar-refractivity contribution is 7.80. The van der Waals surface area contributed by atoms with E-state index in [0.717, 1.165) is 5.56 Å². The molecule has 1 aromatic carbocycles. The van der Waals surface area contributed by atoms with Gasteiger partial charge in [-0.25, -0.2) is 4.21 Å². The summed E-state index contributed by atoms with van der Waals surface area (Å²) in [6, 6.07) is 6.98. The van der Waals surface area contributed by atoms with E-state index in [1.54, 1.807) is 24.3 Å². The maximum atomic E-state index is 10.3. The highest BCUT2D eigenvalue weighted by Crippen LogP contribution is 2.09. The van der Waals surface area contributed by atoms with Gasteiger partial charge in [0.2, 0.25) is 0 Å². The second-order valence-electron chi connectivity index (χ2n) is 2.52. The molecule has 5 heteroatoms. The van der Waals surface area contributed by atoms with Crippen LogP contribution in [0.5, 0.6) is 0 Å². The summed E-state index contributed by atoms with van der Waals surface area (Å²) in [4.78, 5) is 0. The largest absolute Gasteiger partial charge is 0.396 e. The molecule has 0 saturated heterocycles. The van der Waals surface area contributed by atoms with Crippen molar-refractivity contribution in [3.63, 3.8) is 0 Å². The van der Waals surface area contributed by atoms with E-state index in [9.17, 15) is 4.21 Å². The maximum absolute atomic E-state index is 10.3. The van der Waals surface area contributed by atoms with Crippen molar-refractivity contribution in [1.82, 2.24) is 0 Å².